The van der Waals surface area contributed by atoms with Crippen molar-refractivity contribution in [3.8, 4) is 5.75 Å². The predicted octanol–water partition coefficient (Wildman–Crippen LogP) is 2.42. The van der Waals surface area contributed by atoms with Gasteiger partial charge in [0.2, 0.25) is 0 Å². The summed E-state index contributed by atoms with van der Waals surface area (Å²) in [6, 6.07) is 4.37. The number of nitrogens with zero attached hydrogens (tertiary/aromatic N) is 1. The maximum Gasteiger partial charge on any atom is 0.387 e. The number of methoxy groups -OCH3 is 1. The second-order valence-electron chi connectivity index (χ2n) is 4.86. The van der Waals surface area contributed by atoms with E-state index in [0.29, 0.717) is 23.1 Å². The lowest BCUT2D eigenvalue weighted by Crippen LogP contribution is -2.40. The maximum absolute atomic E-state index is 12.4. The third-order valence-electron chi connectivity index (χ3n) is 3.09. The average Bonchev–Trinajstić information content (AvgIpc) is 2.55. The third-order valence-corrected chi connectivity index (χ3v) is 3.32. The molecule has 0 saturated carbocycles. The topological polar surface area (TPSA) is 72.0 Å². The number of benzene rings is 1. The van der Waals surface area contributed by atoms with Crippen LogP contribution >= 0.6 is 11.6 Å². The number of ether oxygens (including phenoxy) is 2. The number of alkyl halides is 2. The van der Waals surface area contributed by atoms with Crippen LogP contribution in [-0.4, -0.2) is 39.2 Å². The van der Waals surface area contributed by atoms with Crippen LogP contribution in [0.25, 0.3) is 0 Å². The number of esters is 1. The fourth-order valence-corrected chi connectivity index (χ4v) is 2.03. The van der Waals surface area contributed by atoms with E-state index in [9.17, 15) is 13.6 Å². The van der Waals surface area contributed by atoms with Gasteiger partial charge >= 0.3 is 12.6 Å². The van der Waals surface area contributed by atoms with Crippen LogP contribution in [-0.2, 0) is 16.1 Å². The number of nitrogens with one attached hydrogen (secondary N) is 2. The molecule has 6 nitrogen and oxygen atoms in total. The van der Waals surface area contributed by atoms with Gasteiger partial charge in [0.05, 0.1) is 13.0 Å². The van der Waals surface area contributed by atoms with E-state index >= 15 is 0 Å². The maximum atomic E-state index is 12.4. The highest BCUT2D eigenvalue weighted by Gasteiger charge is 2.14. The number of hydrogen-bond acceptors (Lipinski definition) is 4. The summed E-state index contributed by atoms with van der Waals surface area (Å²) in [5, 5.41) is 6.29. The number of hydrogen-bond donors (Lipinski definition) is 2. The molecule has 1 unspecified atom stereocenters. The van der Waals surface area contributed by atoms with Gasteiger partial charge in [-0.2, -0.15) is 8.78 Å². The molecule has 1 rings (SSSR count). The minimum absolute atomic E-state index is 0.0280. The Labute approximate surface area is 144 Å². The van der Waals surface area contributed by atoms with Crippen LogP contribution in [0.5, 0.6) is 5.75 Å². The molecule has 0 aliphatic heterocycles. The van der Waals surface area contributed by atoms with Crippen LogP contribution in [0.1, 0.15) is 12.5 Å². The van der Waals surface area contributed by atoms with E-state index in [2.05, 4.69) is 25.1 Å². The molecule has 1 aromatic carbocycles. The number of carbonyl (C=O) groups excluding carboxylic acids is 1. The highest BCUT2D eigenvalue weighted by Crippen LogP contribution is 2.24. The molecule has 2 N–H and O–H groups in total. The van der Waals surface area contributed by atoms with Crippen molar-refractivity contribution in [2.75, 3.05) is 20.7 Å². The Morgan fingerprint density at radius 2 is 2.08 bits per heavy atom. The van der Waals surface area contributed by atoms with Crippen molar-refractivity contribution < 1.29 is 23.0 Å². The molecule has 24 heavy (non-hydrogen) atoms. The first-order valence-electron chi connectivity index (χ1n) is 7.13. The lowest BCUT2D eigenvalue weighted by molar-refractivity contribution is -0.144. The van der Waals surface area contributed by atoms with Gasteiger partial charge in [-0.3, -0.25) is 9.79 Å². The van der Waals surface area contributed by atoms with Crippen LogP contribution in [0.4, 0.5) is 8.78 Å². The van der Waals surface area contributed by atoms with Gasteiger partial charge in [0, 0.05) is 30.7 Å². The van der Waals surface area contributed by atoms with E-state index < -0.39 is 6.61 Å². The Hall–Kier alpha value is -2.09. The van der Waals surface area contributed by atoms with E-state index in [-0.39, 0.29) is 24.2 Å². The fourth-order valence-electron chi connectivity index (χ4n) is 1.83. The normalized spacial score (nSPS) is 12.7. The first kappa shape index (κ1) is 20.0. The first-order chi connectivity index (χ1) is 11.4. The SMILES string of the molecule is CN=C(NCc1cc(Cl)ccc1OC(F)F)NCC(C)C(=O)OC. The molecule has 0 fully saturated rings. The summed E-state index contributed by atoms with van der Waals surface area (Å²) in [6.07, 6.45) is 0. The fraction of sp³-hybridized carbons (Fsp3) is 0.467. The highest BCUT2D eigenvalue weighted by atomic mass is 35.5. The minimum atomic E-state index is -2.93. The van der Waals surface area contributed by atoms with Crippen molar-refractivity contribution >= 4 is 23.5 Å². The first-order valence-corrected chi connectivity index (χ1v) is 7.50. The monoisotopic (exact) mass is 363 g/mol. The molecular weight excluding hydrogens is 344 g/mol. The molecule has 9 heteroatoms. The van der Waals surface area contributed by atoms with Gasteiger partial charge < -0.3 is 20.1 Å². The number of rotatable bonds is 7. The summed E-state index contributed by atoms with van der Waals surface area (Å²) < 4.78 is 33.9. The van der Waals surface area contributed by atoms with E-state index in [1.165, 1.54) is 25.3 Å². The predicted molar refractivity (Wildman–Crippen MR) is 87.5 cm³/mol. The molecule has 0 saturated heterocycles. The Morgan fingerprint density at radius 1 is 1.38 bits per heavy atom. The van der Waals surface area contributed by atoms with E-state index in [4.69, 9.17) is 11.6 Å². The van der Waals surface area contributed by atoms with Gasteiger partial charge in [-0.05, 0) is 18.2 Å². The molecule has 1 atom stereocenters. The zero-order valence-electron chi connectivity index (χ0n) is 13.6. The van der Waals surface area contributed by atoms with Gasteiger partial charge in [-0.1, -0.05) is 18.5 Å². The Balaban J connectivity index is 2.66. The van der Waals surface area contributed by atoms with Crippen LogP contribution in [0, 0.1) is 5.92 Å². The van der Waals surface area contributed by atoms with Crippen LogP contribution in [0.2, 0.25) is 5.02 Å². The Morgan fingerprint density at radius 3 is 2.67 bits per heavy atom. The molecular formula is C15H20ClF2N3O3. The summed E-state index contributed by atoms with van der Waals surface area (Å²) >= 11 is 5.89. The average molecular weight is 364 g/mol. The summed E-state index contributed by atoms with van der Waals surface area (Å²) in [5.41, 5.74) is 0.451. The zero-order chi connectivity index (χ0) is 18.1. The lowest BCUT2D eigenvalue weighted by atomic mass is 10.2. The highest BCUT2D eigenvalue weighted by molar-refractivity contribution is 6.30. The molecule has 0 aliphatic carbocycles. The van der Waals surface area contributed by atoms with Crippen LogP contribution < -0.4 is 15.4 Å². The Kier molecular flexibility index (Phi) is 8.25. The summed E-state index contributed by atoms with van der Waals surface area (Å²) in [7, 11) is 2.86. The standard InChI is InChI=1S/C15H20ClF2N3O3/c1-9(13(22)23-3)7-20-15(19-2)21-8-10-6-11(16)4-5-12(10)24-14(17)18/h4-6,9,14H,7-8H2,1-3H3,(H2,19,20,21). The third kappa shape index (κ3) is 6.57. The van der Waals surface area contributed by atoms with Crippen LogP contribution in [0.3, 0.4) is 0 Å². The van der Waals surface area contributed by atoms with Gasteiger partial charge in [-0.15, -0.1) is 0 Å². The second kappa shape index (κ2) is 9.92. The van der Waals surface area contributed by atoms with Crippen molar-refractivity contribution in [1.82, 2.24) is 10.6 Å². The molecule has 0 heterocycles. The van der Waals surface area contributed by atoms with Crippen molar-refractivity contribution in [2.24, 2.45) is 10.9 Å². The minimum Gasteiger partial charge on any atom is -0.469 e. The molecule has 0 aliphatic rings. The van der Waals surface area contributed by atoms with Gasteiger partial charge in [-0.25, -0.2) is 0 Å². The van der Waals surface area contributed by atoms with Gasteiger partial charge in [0.15, 0.2) is 5.96 Å². The number of halogens is 3. The molecule has 0 amide bonds. The zero-order valence-corrected chi connectivity index (χ0v) is 14.4. The van der Waals surface area contributed by atoms with Crippen molar-refractivity contribution in [1.29, 1.82) is 0 Å². The number of aliphatic imine (C=N–C) groups is 1. The summed E-state index contributed by atoms with van der Waals surface area (Å²) in [4.78, 5) is 15.3. The molecule has 0 spiro atoms. The van der Waals surface area contributed by atoms with Crippen molar-refractivity contribution in [3.63, 3.8) is 0 Å². The van der Waals surface area contributed by atoms with Crippen LogP contribution in [0.15, 0.2) is 23.2 Å². The van der Waals surface area contributed by atoms with E-state index in [0.717, 1.165) is 0 Å². The Bertz CT molecular complexity index is 585. The number of carbonyl (C=O) groups is 1. The molecule has 0 aromatic heterocycles. The van der Waals surface area contributed by atoms with Gasteiger partial charge in [0.25, 0.3) is 0 Å². The quantitative estimate of drug-likeness (QED) is 0.442. The molecule has 0 bridgehead atoms. The van der Waals surface area contributed by atoms with E-state index in [1.54, 1.807) is 14.0 Å². The number of guanidine groups is 1. The smallest absolute Gasteiger partial charge is 0.387 e. The van der Waals surface area contributed by atoms with Crippen molar-refractivity contribution in [3.05, 3.63) is 28.8 Å². The summed E-state index contributed by atoms with van der Waals surface area (Å²) in [5.74, 6) is -0.285. The van der Waals surface area contributed by atoms with Gasteiger partial charge in [0.1, 0.15) is 5.75 Å². The van der Waals surface area contributed by atoms with E-state index in [1.807, 2.05) is 0 Å². The lowest BCUT2D eigenvalue weighted by Gasteiger charge is -2.16. The molecule has 1 aromatic rings. The largest absolute Gasteiger partial charge is 0.469 e. The second-order valence-corrected chi connectivity index (χ2v) is 5.30. The van der Waals surface area contributed by atoms with Crippen molar-refractivity contribution in [2.45, 2.75) is 20.1 Å². The summed E-state index contributed by atoms with van der Waals surface area (Å²) in [6.45, 7) is -0.752. The molecule has 0 radical (unpaired) electrons. The molecule has 134 valence electrons.